The molecule has 0 unspecified atom stereocenters. The number of anilines is 1. The van der Waals surface area contributed by atoms with Crippen molar-refractivity contribution in [3.05, 3.63) is 58.1 Å². The largest absolute Gasteiger partial charge is 0.322 e. The minimum absolute atomic E-state index is 0.151. The summed E-state index contributed by atoms with van der Waals surface area (Å²) in [5, 5.41) is 2.76. The van der Waals surface area contributed by atoms with Crippen molar-refractivity contribution in [2.75, 3.05) is 5.32 Å². The van der Waals surface area contributed by atoms with E-state index >= 15 is 0 Å². The summed E-state index contributed by atoms with van der Waals surface area (Å²) < 4.78 is 28.0. The Balaban J connectivity index is 2.15. The molecule has 7 heteroatoms. The fourth-order valence-electron chi connectivity index (χ4n) is 2.12. The van der Waals surface area contributed by atoms with E-state index in [1.807, 2.05) is 13.0 Å². The molecule has 0 fully saturated rings. The van der Waals surface area contributed by atoms with Gasteiger partial charge in [0, 0.05) is 21.3 Å². The van der Waals surface area contributed by atoms with Gasteiger partial charge >= 0.3 is 0 Å². The van der Waals surface area contributed by atoms with E-state index < -0.39 is 15.6 Å². The molecule has 2 aromatic carbocycles. The Morgan fingerprint density at radius 1 is 1.04 bits per heavy atom. The molecular weight excluding hydrogens is 404 g/mol. The van der Waals surface area contributed by atoms with E-state index in [0.29, 0.717) is 11.3 Å². The first-order chi connectivity index (χ1) is 11.5. The highest BCUT2D eigenvalue weighted by molar-refractivity contribution is 9.10. The average molecular weight is 425 g/mol. The number of benzene rings is 2. The van der Waals surface area contributed by atoms with Gasteiger partial charge in [-0.15, -0.1) is 0 Å². The summed E-state index contributed by atoms with van der Waals surface area (Å²) in [6.07, 6.45) is 0. The van der Waals surface area contributed by atoms with Crippen LogP contribution in [-0.4, -0.2) is 19.9 Å². The van der Waals surface area contributed by atoms with Gasteiger partial charge in [-0.2, -0.15) is 0 Å². The van der Waals surface area contributed by atoms with Crippen LogP contribution < -0.4 is 10.0 Å². The number of hydrogen-bond acceptors (Lipinski definition) is 3. The highest BCUT2D eigenvalue weighted by atomic mass is 79.9. The number of sulfonamides is 1. The second kappa shape index (κ2) is 7.27. The number of nitrogens with one attached hydrogen (secondary N) is 2. The minimum atomic E-state index is -3.59. The van der Waals surface area contributed by atoms with Crippen molar-refractivity contribution >= 4 is 37.5 Å². The first kappa shape index (κ1) is 19.6. The van der Waals surface area contributed by atoms with Crippen molar-refractivity contribution in [2.45, 2.75) is 38.1 Å². The van der Waals surface area contributed by atoms with Crippen LogP contribution in [0.4, 0.5) is 5.69 Å². The lowest BCUT2D eigenvalue weighted by atomic mass is 10.1. The number of halogens is 1. The quantitative estimate of drug-likeness (QED) is 0.775. The molecule has 5 nitrogen and oxygen atoms in total. The van der Waals surface area contributed by atoms with E-state index in [1.165, 1.54) is 12.1 Å². The fourth-order valence-corrected chi connectivity index (χ4v) is 3.91. The topological polar surface area (TPSA) is 75.3 Å². The maximum absolute atomic E-state index is 12.3. The molecule has 2 rings (SSSR count). The van der Waals surface area contributed by atoms with E-state index in [2.05, 4.69) is 26.0 Å². The van der Waals surface area contributed by atoms with Crippen LogP contribution in [0, 0.1) is 6.92 Å². The van der Waals surface area contributed by atoms with Crippen molar-refractivity contribution < 1.29 is 13.2 Å². The monoisotopic (exact) mass is 424 g/mol. The van der Waals surface area contributed by atoms with Crippen LogP contribution in [0.3, 0.4) is 0 Å². The molecular formula is C18H21BrN2O3S. The lowest BCUT2D eigenvalue weighted by molar-refractivity contribution is 0.102. The summed E-state index contributed by atoms with van der Waals surface area (Å²) in [6, 6.07) is 11.4. The Morgan fingerprint density at radius 3 is 2.16 bits per heavy atom. The Bertz CT molecular complexity index is 886. The van der Waals surface area contributed by atoms with Crippen LogP contribution in [0.1, 0.15) is 36.7 Å². The smallest absolute Gasteiger partial charge is 0.255 e. The van der Waals surface area contributed by atoms with Gasteiger partial charge in [0.25, 0.3) is 5.91 Å². The zero-order chi connectivity index (χ0) is 18.8. The summed E-state index contributed by atoms with van der Waals surface area (Å²) in [5.74, 6) is -0.260. The number of carbonyl (C=O) groups is 1. The van der Waals surface area contributed by atoms with Gasteiger partial charge in [0.15, 0.2) is 0 Å². The lowest BCUT2D eigenvalue weighted by Crippen LogP contribution is -2.40. The maximum atomic E-state index is 12.3. The van der Waals surface area contributed by atoms with Crippen molar-refractivity contribution in [1.82, 2.24) is 4.72 Å². The first-order valence-electron chi connectivity index (χ1n) is 7.69. The van der Waals surface area contributed by atoms with Gasteiger partial charge in [-0.25, -0.2) is 13.1 Å². The number of hydrogen-bond donors (Lipinski definition) is 2. The van der Waals surface area contributed by atoms with Gasteiger partial charge < -0.3 is 5.32 Å². The molecule has 0 aliphatic carbocycles. The van der Waals surface area contributed by atoms with Gasteiger partial charge in [-0.1, -0.05) is 22.0 Å². The van der Waals surface area contributed by atoms with Crippen LogP contribution in [0.15, 0.2) is 51.8 Å². The van der Waals surface area contributed by atoms with Crippen molar-refractivity contribution in [3.8, 4) is 0 Å². The Hall–Kier alpha value is -1.70. The number of amides is 1. The summed E-state index contributed by atoms with van der Waals surface area (Å²) in [5.41, 5.74) is 1.52. The van der Waals surface area contributed by atoms with E-state index in [1.54, 1.807) is 45.0 Å². The molecule has 1 amide bonds. The van der Waals surface area contributed by atoms with Crippen molar-refractivity contribution in [2.24, 2.45) is 0 Å². The molecule has 0 radical (unpaired) electrons. The predicted molar refractivity (Wildman–Crippen MR) is 103 cm³/mol. The highest BCUT2D eigenvalue weighted by Gasteiger charge is 2.21. The molecule has 0 heterocycles. The Morgan fingerprint density at radius 2 is 1.64 bits per heavy atom. The molecule has 0 aromatic heterocycles. The van der Waals surface area contributed by atoms with Gasteiger partial charge in [0.2, 0.25) is 10.0 Å². The van der Waals surface area contributed by atoms with Gasteiger partial charge in [0.1, 0.15) is 0 Å². The van der Waals surface area contributed by atoms with Crippen LogP contribution in [0.25, 0.3) is 0 Å². The minimum Gasteiger partial charge on any atom is -0.322 e. The lowest BCUT2D eigenvalue weighted by Gasteiger charge is -2.20. The molecule has 25 heavy (non-hydrogen) atoms. The fraction of sp³-hybridized carbons (Fsp3) is 0.278. The van der Waals surface area contributed by atoms with Gasteiger partial charge in [0.05, 0.1) is 4.90 Å². The van der Waals surface area contributed by atoms with Crippen LogP contribution in [-0.2, 0) is 10.0 Å². The Kier molecular flexibility index (Phi) is 5.71. The SMILES string of the molecule is Cc1ccc(C(=O)Nc2ccc(S(=O)(=O)NC(C)(C)C)cc2)cc1Br. The summed E-state index contributed by atoms with van der Waals surface area (Å²) >= 11 is 3.40. The molecule has 2 N–H and O–H groups in total. The van der Waals surface area contributed by atoms with E-state index in [0.717, 1.165) is 10.0 Å². The summed E-state index contributed by atoms with van der Waals surface area (Å²) in [6.45, 7) is 7.27. The van der Waals surface area contributed by atoms with E-state index in [-0.39, 0.29) is 10.8 Å². The third-order valence-corrected chi connectivity index (χ3v) is 5.93. The molecule has 0 spiro atoms. The molecule has 0 atom stereocenters. The summed E-state index contributed by atoms with van der Waals surface area (Å²) in [7, 11) is -3.59. The van der Waals surface area contributed by atoms with Crippen LogP contribution in [0.5, 0.6) is 0 Å². The third kappa shape index (κ3) is 5.39. The Labute approximate surface area is 157 Å². The molecule has 0 bridgehead atoms. The van der Waals surface area contributed by atoms with Gasteiger partial charge in [-0.05, 0) is 69.7 Å². The van der Waals surface area contributed by atoms with Crippen molar-refractivity contribution in [1.29, 1.82) is 0 Å². The average Bonchev–Trinajstić information content (AvgIpc) is 2.48. The van der Waals surface area contributed by atoms with Gasteiger partial charge in [-0.3, -0.25) is 4.79 Å². The van der Waals surface area contributed by atoms with E-state index in [9.17, 15) is 13.2 Å². The van der Waals surface area contributed by atoms with Crippen molar-refractivity contribution in [3.63, 3.8) is 0 Å². The first-order valence-corrected chi connectivity index (χ1v) is 9.97. The normalized spacial score (nSPS) is 12.0. The molecule has 134 valence electrons. The molecule has 2 aromatic rings. The second-order valence-electron chi connectivity index (χ2n) is 6.80. The maximum Gasteiger partial charge on any atom is 0.255 e. The molecule has 0 saturated heterocycles. The predicted octanol–water partition coefficient (Wildman–Crippen LogP) is 4.09. The zero-order valence-corrected chi connectivity index (χ0v) is 17.0. The zero-order valence-electron chi connectivity index (χ0n) is 14.6. The second-order valence-corrected chi connectivity index (χ2v) is 9.33. The number of aryl methyl sites for hydroxylation is 1. The van der Waals surface area contributed by atoms with Crippen LogP contribution >= 0.6 is 15.9 Å². The summed E-state index contributed by atoms with van der Waals surface area (Å²) in [4.78, 5) is 12.4. The van der Waals surface area contributed by atoms with Crippen LogP contribution in [0.2, 0.25) is 0 Å². The molecule has 0 aliphatic rings. The molecule has 0 aliphatic heterocycles. The number of carbonyl (C=O) groups excluding carboxylic acids is 1. The number of rotatable bonds is 4. The van der Waals surface area contributed by atoms with E-state index in [4.69, 9.17) is 0 Å². The third-order valence-electron chi connectivity index (χ3n) is 3.30. The standard InChI is InChI=1S/C18H21BrN2O3S/c1-12-5-6-13(11-16(12)19)17(22)20-14-7-9-15(10-8-14)25(23,24)21-18(2,3)4/h5-11,21H,1-4H3,(H,20,22). The molecule has 0 saturated carbocycles. The highest BCUT2D eigenvalue weighted by Crippen LogP contribution is 2.20.